The van der Waals surface area contributed by atoms with Crippen molar-refractivity contribution in [3.8, 4) is 0 Å². The number of amides is 2. The molecule has 17 heavy (non-hydrogen) atoms. The molecule has 0 bridgehead atoms. The van der Waals surface area contributed by atoms with Crippen LogP contribution in [0.2, 0.25) is 0 Å². The zero-order valence-electron chi connectivity index (χ0n) is 10.2. The Balaban J connectivity index is 2.48. The summed E-state index contributed by atoms with van der Waals surface area (Å²) < 4.78 is 0. The Hall–Kier alpha value is -1.14. The lowest BCUT2D eigenvalue weighted by Crippen LogP contribution is -2.49. The van der Waals surface area contributed by atoms with Crippen LogP contribution in [0.5, 0.6) is 0 Å². The first kappa shape index (κ1) is 13.9. The molecule has 1 aliphatic rings. The molecule has 0 aliphatic heterocycles. The SMILES string of the molecule is CN(CC1(O)CCCC1)C(=O)C(N)CC(N)=O. The number of carbonyl (C=O) groups is 2. The highest BCUT2D eigenvalue weighted by atomic mass is 16.3. The Bertz CT molecular complexity index is 300. The van der Waals surface area contributed by atoms with Crippen LogP contribution in [0.4, 0.5) is 0 Å². The molecule has 1 unspecified atom stereocenters. The van der Waals surface area contributed by atoms with Gasteiger partial charge in [0.05, 0.1) is 18.1 Å². The maximum Gasteiger partial charge on any atom is 0.239 e. The van der Waals surface area contributed by atoms with Crippen LogP contribution in [0.3, 0.4) is 0 Å². The van der Waals surface area contributed by atoms with Crippen molar-refractivity contribution in [2.75, 3.05) is 13.6 Å². The van der Waals surface area contributed by atoms with Gasteiger partial charge in [0, 0.05) is 13.6 Å². The molecule has 1 saturated carbocycles. The molecular weight excluding hydrogens is 222 g/mol. The molecule has 0 aromatic carbocycles. The molecular formula is C11H21N3O3. The second-order valence-electron chi connectivity index (χ2n) is 4.90. The van der Waals surface area contributed by atoms with Crippen molar-refractivity contribution in [2.45, 2.75) is 43.7 Å². The zero-order chi connectivity index (χ0) is 13.1. The van der Waals surface area contributed by atoms with Gasteiger partial charge >= 0.3 is 0 Å². The Morgan fingerprint density at radius 1 is 1.41 bits per heavy atom. The van der Waals surface area contributed by atoms with Crippen molar-refractivity contribution >= 4 is 11.8 Å². The van der Waals surface area contributed by atoms with E-state index < -0.39 is 17.6 Å². The van der Waals surface area contributed by atoms with Gasteiger partial charge in [-0.2, -0.15) is 0 Å². The van der Waals surface area contributed by atoms with Gasteiger partial charge in [0.1, 0.15) is 0 Å². The largest absolute Gasteiger partial charge is 0.388 e. The predicted octanol–water partition coefficient (Wildman–Crippen LogP) is -1.05. The first-order valence-electron chi connectivity index (χ1n) is 5.85. The van der Waals surface area contributed by atoms with Crippen LogP contribution in [0.25, 0.3) is 0 Å². The molecule has 0 aromatic rings. The summed E-state index contributed by atoms with van der Waals surface area (Å²) in [5, 5.41) is 10.1. The Morgan fingerprint density at radius 3 is 2.41 bits per heavy atom. The van der Waals surface area contributed by atoms with Gasteiger partial charge in [-0.25, -0.2) is 0 Å². The van der Waals surface area contributed by atoms with E-state index in [2.05, 4.69) is 0 Å². The summed E-state index contributed by atoms with van der Waals surface area (Å²) in [6.07, 6.45) is 3.20. The summed E-state index contributed by atoms with van der Waals surface area (Å²) >= 11 is 0. The average molecular weight is 243 g/mol. The third kappa shape index (κ3) is 3.98. The van der Waals surface area contributed by atoms with Gasteiger partial charge < -0.3 is 21.5 Å². The number of primary amides is 1. The molecule has 0 aromatic heterocycles. The van der Waals surface area contributed by atoms with Crippen LogP contribution in [0.1, 0.15) is 32.1 Å². The number of carbonyl (C=O) groups excluding carboxylic acids is 2. The van der Waals surface area contributed by atoms with Crippen molar-refractivity contribution in [1.29, 1.82) is 0 Å². The first-order chi connectivity index (χ1) is 7.84. The van der Waals surface area contributed by atoms with E-state index in [1.807, 2.05) is 0 Å². The third-order valence-corrected chi connectivity index (χ3v) is 3.18. The molecule has 5 N–H and O–H groups in total. The lowest BCUT2D eigenvalue weighted by molar-refractivity contribution is -0.136. The van der Waals surface area contributed by atoms with Gasteiger partial charge in [-0.05, 0) is 12.8 Å². The van der Waals surface area contributed by atoms with Crippen LogP contribution < -0.4 is 11.5 Å². The minimum absolute atomic E-state index is 0.165. The molecule has 1 atom stereocenters. The summed E-state index contributed by atoms with van der Waals surface area (Å²) in [7, 11) is 1.58. The monoisotopic (exact) mass is 243 g/mol. The molecule has 0 heterocycles. The number of nitrogens with two attached hydrogens (primary N) is 2. The van der Waals surface area contributed by atoms with Crippen molar-refractivity contribution < 1.29 is 14.7 Å². The average Bonchev–Trinajstić information content (AvgIpc) is 2.62. The number of nitrogens with zero attached hydrogens (tertiary/aromatic N) is 1. The smallest absolute Gasteiger partial charge is 0.239 e. The lowest BCUT2D eigenvalue weighted by Gasteiger charge is -2.30. The Morgan fingerprint density at radius 2 is 1.94 bits per heavy atom. The number of hydrogen-bond donors (Lipinski definition) is 3. The van der Waals surface area contributed by atoms with E-state index in [9.17, 15) is 14.7 Å². The van der Waals surface area contributed by atoms with E-state index in [-0.39, 0.29) is 18.9 Å². The highest BCUT2D eigenvalue weighted by molar-refractivity contribution is 5.87. The second-order valence-corrected chi connectivity index (χ2v) is 4.90. The fourth-order valence-electron chi connectivity index (χ4n) is 2.30. The molecule has 6 heteroatoms. The highest BCUT2D eigenvalue weighted by Gasteiger charge is 2.34. The minimum atomic E-state index is -0.914. The molecule has 0 spiro atoms. The summed E-state index contributed by atoms with van der Waals surface area (Å²) in [6, 6.07) is -0.914. The maximum atomic E-state index is 11.8. The molecule has 1 fully saturated rings. The Labute approximate surface area is 101 Å². The van der Waals surface area contributed by atoms with Gasteiger partial charge in [-0.3, -0.25) is 9.59 Å². The topological polar surface area (TPSA) is 110 Å². The van der Waals surface area contributed by atoms with Crippen molar-refractivity contribution in [3.63, 3.8) is 0 Å². The Kier molecular flexibility index (Phi) is 4.47. The quantitative estimate of drug-likeness (QED) is 0.572. The van der Waals surface area contributed by atoms with Crippen molar-refractivity contribution in [1.82, 2.24) is 4.90 Å². The summed E-state index contributed by atoms with van der Waals surface area (Å²) in [5.74, 6) is -0.956. The van der Waals surface area contributed by atoms with Crippen LogP contribution >= 0.6 is 0 Å². The zero-order valence-corrected chi connectivity index (χ0v) is 10.2. The number of rotatable bonds is 5. The van der Waals surface area contributed by atoms with Crippen LogP contribution in [0.15, 0.2) is 0 Å². The third-order valence-electron chi connectivity index (χ3n) is 3.18. The number of likely N-dealkylation sites (N-methyl/N-ethyl adjacent to an activating group) is 1. The summed E-state index contributed by atoms with van der Waals surface area (Å²) in [5.41, 5.74) is 9.75. The van der Waals surface area contributed by atoms with E-state index >= 15 is 0 Å². The number of hydrogen-bond acceptors (Lipinski definition) is 4. The summed E-state index contributed by atoms with van der Waals surface area (Å²) in [4.78, 5) is 23.8. The van der Waals surface area contributed by atoms with E-state index in [4.69, 9.17) is 11.5 Å². The predicted molar refractivity (Wildman–Crippen MR) is 62.8 cm³/mol. The second kappa shape index (κ2) is 5.46. The van der Waals surface area contributed by atoms with E-state index in [0.29, 0.717) is 12.8 Å². The van der Waals surface area contributed by atoms with Crippen molar-refractivity contribution in [2.24, 2.45) is 11.5 Å². The maximum absolute atomic E-state index is 11.8. The van der Waals surface area contributed by atoms with E-state index in [1.54, 1.807) is 7.05 Å². The van der Waals surface area contributed by atoms with Gasteiger partial charge in [0.15, 0.2) is 0 Å². The fraction of sp³-hybridized carbons (Fsp3) is 0.818. The van der Waals surface area contributed by atoms with Crippen LogP contribution in [-0.4, -0.2) is 47.1 Å². The van der Waals surface area contributed by atoms with Gasteiger partial charge in [0.25, 0.3) is 0 Å². The molecule has 1 rings (SSSR count). The summed E-state index contributed by atoms with van der Waals surface area (Å²) in [6.45, 7) is 0.262. The lowest BCUT2D eigenvalue weighted by atomic mass is 10.0. The fourth-order valence-corrected chi connectivity index (χ4v) is 2.30. The highest BCUT2D eigenvalue weighted by Crippen LogP contribution is 2.29. The normalized spacial score (nSPS) is 19.9. The standard InChI is InChI=1S/C11H21N3O3/c1-14(7-11(17)4-2-3-5-11)10(16)8(12)6-9(13)15/h8,17H,2-7,12H2,1H3,(H2,13,15). The van der Waals surface area contributed by atoms with Gasteiger partial charge in [0.2, 0.25) is 11.8 Å². The van der Waals surface area contributed by atoms with Gasteiger partial charge in [-0.15, -0.1) is 0 Å². The number of aliphatic hydroxyl groups is 1. The van der Waals surface area contributed by atoms with Crippen LogP contribution in [0, 0.1) is 0 Å². The molecule has 0 radical (unpaired) electrons. The molecule has 2 amide bonds. The van der Waals surface area contributed by atoms with E-state index in [0.717, 1.165) is 12.8 Å². The van der Waals surface area contributed by atoms with Crippen molar-refractivity contribution in [3.05, 3.63) is 0 Å². The van der Waals surface area contributed by atoms with Crippen LogP contribution in [-0.2, 0) is 9.59 Å². The molecule has 0 saturated heterocycles. The molecule has 6 nitrogen and oxygen atoms in total. The first-order valence-corrected chi connectivity index (χ1v) is 5.85. The molecule has 1 aliphatic carbocycles. The molecule has 98 valence electrons. The van der Waals surface area contributed by atoms with E-state index in [1.165, 1.54) is 4.90 Å². The minimum Gasteiger partial charge on any atom is -0.388 e. The van der Waals surface area contributed by atoms with Gasteiger partial charge in [-0.1, -0.05) is 12.8 Å².